The summed E-state index contributed by atoms with van der Waals surface area (Å²) in [6, 6.07) is 10.2. The third kappa shape index (κ3) is 7.49. The summed E-state index contributed by atoms with van der Waals surface area (Å²) in [5.74, 6) is -0.562. The summed E-state index contributed by atoms with van der Waals surface area (Å²) in [5.41, 5.74) is 1.88. The molecule has 1 heterocycles. The standard InChI is InChI=1S/C26H28BrN5O6/c1-32(21(26(35)38-4)14-24(34)37-3)10-6-9-23(33)31-20-12-18-19(13-22(20)36-2)28-15-29-25(18)30-17-8-5-7-16(27)11-17/h5-9,11-13,15,21H,10,14H2,1-4H3,(H,31,33)(H,28,29,30)/b9-6+. The highest BCUT2D eigenvalue weighted by Crippen LogP contribution is 2.33. The highest BCUT2D eigenvalue weighted by atomic mass is 79.9. The molecule has 0 aliphatic rings. The van der Waals surface area contributed by atoms with Crippen molar-refractivity contribution in [3.63, 3.8) is 0 Å². The number of nitrogens with one attached hydrogen (secondary N) is 2. The van der Waals surface area contributed by atoms with Crippen LogP contribution < -0.4 is 15.4 Å². The Hall–Kier alpha value is -4.03. The Morgan fingerprint density at radius 1 is 1.11 bits per heavy atom. The van der Waals surface area contributed by atoms with Crippen LogP contribution in [0.3, 0.4) is 0 Å². The molecule has 0 spiro atoms. The number of ether oxygens (including phenoxy) is 3. The zero-order chi connectivity index (χ0) is 27.7. The number of hydrogen-bond donors (Lipinski definition) is 2. The highest BCUT2D eigenvalue weighted by Gasteiger charge is 2.26. The molecule has 3 rings (SSSR count). The van der Waals surface area contributed by atoms with Crippen molar-refractivity contribution in [3.05, 3.63) is 59.4 Å². The highest BCUT2D eigenvalue weighted by molar-refractivity contribution is 9.10. The van der Waals surface area contributed by atoms with Gasteiger partial charge in [0.15, 0.2) is 0 Å². The molecule has 1 aromatic heterocycles. The van der Waals surface area contributed by atoms with Gasteiger partial charge in [0.2, 0.25) is 5.91 Å². The maximum absolute atomic E-state index is 12.7. The summed E-state index contributed by atoms with van der Waals surface area (Å²) >= 11 is 3.45. The summed E-state index contributed by atoms with van der Waals surface area (Å²) in [6.07, 6.45) is 4.17. The van der Waals surface area contributed by atoms with E-state index in [1.807, 2.05) is 24.3 Å². The van der Waals surface area contributed by atoms with E-state index in [1.165, 1.54) is 33.7 Å². The molecule has 0 saturated heterocycles. The Morgan fingerprint density at radius 3 is 2.58 bits per heavy atom. The first kappa shape index (κ1) is 28.5. The normalized spacial score (nSPS) is 11.8. The molecule has 0 aliphatic heterocycles. The molecule has 1 atom stereocenters. The second-order valence-corrected chi connectivity index (χ2v) is 8.99. The topological polar surface area (TPSA) is 132 Å². The predicted octanol–water partition coefficient (Wildman–Crippen LogP) is 3.68. The Labute approximate surface area is 228 Å². The van der Waals surface area contributed by atoms with Crippen molar-refractivity contribution in [2.45, 2.75) is 12.5 Å². The number of methoxy groups -OCH3 is 3. The third-order valence-corrected chi connectivity index (χ3v) is 6.05. The van der Waals surface area contributed by atoms with Gasteiger partial charge in [-0.3, -0.25) is 19.3 Å². The molecule has 11 nitrogen and oxygen atoms in total. The van der Waals surface area contributed by atoms with Gasteiger partial charge in [-0.05, 0) is 31.3 Å². The van der Waals surface area contributed by atoms with Crippen LogP contribution in [0.4, 0.5) is 17.2 Å². The van der Waals surface area contributed by atoms with Gasteiger partial charge in [-0.2, -0.15) is 0 Å². The first-order valence-corrected chi connectivity index (χ1v) is 12.2. The van der Waals surface area contributed by atoms with Gasteiger partial charge in [0.05, 0.1) is 39.0 Å². The number of aromatic nitrogens is 2. The zero-order valence-electron chi connectivity index (χ0n) is 21.4. The van der Waals surface area contributed by atoms with Gasteiger partial charge in [0, 0.05) is 34.2 Å². The number of hydrogen-bond acceptors (Lipinski definition) is 10. The average Bonchev–Trinajstić information content (AvgIpc) is 2.91. The van der Waals surface area contributed by atoms with Crippen LogP contribution in [0.5, 0.6) is 5.75 Å². The average molecular weight is 586 g/mol. The molecule has 0 radical (unpaired) electrons. The Morgan fingerprint density at radius 2 is 1.89 bits per heavy atom. The van der Waals surface area contributed by atoms with Crippen LogP contribution in [0.25, 0.3) is 10.9 Å². The molecule has 2 aromatic carbocycles. The minimum absolute atomic E-state index is 0.174. The number of benzene rings is 2. The number of rotatable bonds is 11. The number of anilines is 3. The minimum Gasteiger partial charge on any atom is -0.494 e. The van der Waals surface area contributed by atoms with Crippen LogP contribution in [-0.2, 0) is 23.9 Å². The molecule has 2 N–H and O–H groups in total. The van der Waals surface area contributed by atoms with E-state index in [9.17, 15) is 14.4 Å². The monoisotopic (exact) mass is 585 g/mol. The van der Waals surface area contributed by atoms with E-state index in [2.05, 4.69) is 41.3 Å². The molecule has 0 fully saturated rings. The number of carbonyl (C=O) groups is 3. The SMILES string of the molecule is COC(=O)CC(C(=O)OC)N(C)C/C=C/C(=O)Nc1cc2c(Nc3cccc(Br)c3)ncnc2cc1OC. The van der Waals surface area contributed by atoms with Crippen molar-refractivity contribution in [1.29, 1.82) is 0 Å². The first-order valence-electron chi connectivity index (χ1n) is 11.4. The second kappa shape index (κ2) is 13.5. The molecule has 12 heteroatoms. The van der Waals surface area contributed by atoms with Crippen LogP contribution >= 0.6 is 15.9 Å². The fraction of sp³-hybridized carbons (Fsp3) is 0.269. The predicted molar refractivity (Wildman–Crippen MR) is 146 cm³/mol. The number of likely N-dealkylation sites (N-methyl/N-ethyl adjacent to an activating group) is 1. The van der Waals surface area contributed by atoms with E-state index < -0.39 is 23.9 Å². The fourth-order valence-electron chi connectivity index (χ4n) is 3.58. The first-order chi connectivity index (χ1) is 18.2. The van der Waals surface area contributed by atoms with Crippen LogP contribution in [0, 0.1) is 0 Å². The Balaban J connectivity index is 1.77. The summed E-state index contributed by atoms with van der Waals surface area (Å²) in [6.45, 7) is 0.202. The molecule has 1 amide bonds. The lowest BCUT2D eigenvalue weighted by Gasteiger charge is -2.23. The summed E-state index contributed by atoms with van der Waals surface area (Å²) in [7, 11) is 5.62. The van der Waals surface area contributed by atoms with E-state index >= 15 is 0 Å². The van der Waals surface area contributed by atoms with Gasteiger partial charge < -0.3 is 24.8 Å². The molecule has 38 heavy (non-hydrogen) atoms. The van der Waals surface area contributed by atoms with Crippen molar-refractivity contribution in [2.24, 2.45) is 0 Å². The largest absolute Gasteiger partial charge is 0.494 e. The number of halogens is 1. The van der Waals surface area contributed by atoms with Crippen LogP contribution in [-0.4, -0.2) is 73.7 Å². The van der Waals surface area contributed by atoms with Gasteiger partial charge in [-0.25, -0.2) is 9.97 Å². The van der Waals surface area contributed by atoms with Gasteiger partial charge in [-0.15, -0.1) is 0 Å². The van der Waals surface area contributed by atoms with Gasteiger partial charge in [-0.1, -0.05) is 28.1 Å². The molecule has 0 saturated carbocycles. The zero-order valence-corrected chi connectivity index (χ0v) is 22.9. The van der Waals surface area contributed by atoms with Crippen molar-refractivity contribution in [3.8, 4) is 5.75 Å². The number of fused-ring (bicyclic) bond motifs is 1. The maximum Gasteiger partial charge on any atom is 0.323 e. The molecule has 3 aromatic rings. The number of nitrogens with zero attached hydrogens (tertiary/aromatic N) is 3. The molecular weight excluding hydrogens is 558 g/mol. The minimum atomic E-state index is -0.850. The molecule has 1 unspecified atom stereocenters. The Kier molecular flexibility index (Phi) is 10.1. The van der Waals surface area contributed by atoms with Crippen LogP contribution in [0.15, 0.2) is 59.4 Å². The van der Waals surface area contributed by atoms with Crippen LogP contribution in [0.2, 0.25) is 0 Å². The summed E-state index contributed by atoms with van der Waals surface area (Å²) < 4.78 is 15.8. The molecule has 0 bridgehead atoms. The second-order valence-electron chi connectivity index (χ2n) is 8.08. The number of esters is 2. The van der Waals surface area contributed by atoms with Gasteiger partial charge in [0.1, 0.15) is 23.9 Å². The van der Waals surface area contributed by atoms with Crippen molar-refractivity contribution in [1.82, 2.24) is 14.9 Å². The fourth-order valence-corrected chi connectivity index (χ4v) is 3.98. The molecule has 200 valence electrons. The van der Waals surface area contributed by atoms with E-state index in [-0.39, 0.29) is 13.0 Å². The lowest BCUT2D eigenvalue weighted by atomic mass is 10.1. The number of amides is 1. The lowest BCUT2D eigenvalue weighted by Crippen LogP contribution is -2.41. The van der Waals surface area contributed by atoms with E-state index in [1.54, 1.807) is 30.2 Å². The quantitative estimate of drug-likeness (QED) is 0.253. The van der Waals surface area contributed by atoms with Crippen LogP contribution in [0.1, 0.15) is 6.42 Å². The number of carbonyl (C=O) groups excluding carboxylic acids is 3. The van der Waals surface area contributed by atoms with Gasteiger partial charge >= 0.3 is 11.9 Å². The van der Waals surface area contributed by atoms with E-state index in [0.29, 0.717) is 28.2 Å². The smallest absolute Gasteiger partial charge is 0.323 e. The third-order valence-electron chi connectivity index (χ3n) is 5.56. The maximum atomic E-state index is 12.7. The van der Waals surface area contributed by atoms with E-state index in [0.717, 1.165) is 10.2 Å². The summed E-state index contributed by atoms with van der Waals surface area (Å²) in [4.78, 5) is 46.7. The molecular formula is C26H28BrN5O6. The lowest BCUT2D eigenvalue weighted by molar-refractivity contribution is -0.152. The van der Waals surface area contributed by atoms with Crippen molar-refractivity contribution < 1.29 is 28.6 Å². The van der Waals surface area contributed by atoms with Crippen molar-refractivity contribution >= 4 is 61.9 Å². The summed E-state index contributed by atoms with van der Waals surface area (Å²) in [5, 5.41) is 6.75. The van der Waals surface area contributed by atoms with Crippen molar-refractivity contribution in [2.75, 3.05) is 45.6 Å². The van der Waals surface area contributed by atoms with E-state index in [4.69, 9.17) is 9.47 Å². The van der Waals surface area contributed by atoms with Gasteiger partial charge in [0.25, 0.3) is 0 Å². The molecule has 0 aliphatic carbocycles. The Bertz CT molecular complexity index is 1350.